The summed E-state index contributed by atoms with van der Waals surface area (Å²) in [5.41, 5.74) is 1.79. The van der Waals surface area contributed by atoms with Crippen molar-refractivity contribution in [1.29, 1.82) is 5.26 Å². The standard InChI is InChI=1S/C15H12ClN3O2/c1-10-13(8-11(9-17)15(20)21-2)14(16)19(18-10)12-6-4-3-5-7-12/h3-8H,1-2H3/b11-8+. The average Bonchev–Trinajstić information content (AvgIpc) is 2.80. The lowest BCUT2D eigenvalue weighted by molar-refractivity contribution is -0.135. The van der Waals surface area contributed by atoms with Gasteiger partial charge in [-0.3, -0.25) is 0 Å². The minimum absolute atomic E-state index is 0.130. The first-order chi connectivity index (χ1) is 10.1. The number of aromatic nitrogens is 2. The third kappa shape index (κ3) is 2.96. The van der Waals surface area contributed by atoms with Gasteiger partial charge in [-0.1, -0.05) is 29.8 Å². The van der Waals surface area contributed by atoms with Crippen LogP contribution in [0.15, 0.2) is 35.9 Å². The normalized spacial score (nSPS) is 11.0. The number of benzene rings is 1. The number of aryl methyl sites for hydroxylation is 1. The summed E-state index contributed by atoms with van der Waals surface area (Å²) in [5.74, 6) is -0.708. The Morgan fingerprint density at radius 2 is 2.10 bits per heavy atom. The fraction of sp³-hybridized carbons (Fsp3) is 0.133. The van der Waals surface area contributed by atoms with Gasteiger partial charge in [0.15, 0.2) is 0 Å². The second kappa shape index (κ2) is 6.25. The molecule has 1 aromatic heterocycles. The molecule has 0 aliphatic carbocycles. The molecule has 21 heavy (non-hydrogen) atoms. The number of nitriles is 1. The van der Waals surface area contributed by atoms with Crippen LogP contribution in [0.25, 0.3) is 11.8 Å². The number of carbonyl (C=O) groups excluding carboxylic acids is 1. The molecule has 0 spiro atoms. The molecule has 0 amide bonds. The Kier molecular flexibility index (Phi) is 4.41. The number of rotatable bonds is 3. The van der Waals surface area contributed by atoms with E-state index in [4.69, 9.17) is 16.9 Å². The van der Waals surface area contributed by atoms with E-state index in [9.17, 15) is 4.79 Å². The summed E-state index contributed by atoms with van der Waals surface area (Å²) in [5, 5.41) is 13.7. The first-order valence-corrected chi connectivity index (χ1v) is 6.47. The molecule has 0 atom stereocenters. The molecule has 2 rings (SSSR count). The second-order valence-electron chi connectivity index (χ2n) is 4.20. The first-order valence-electron chi connectivity index (χ1n) is 6.09. The van der Waals surface area contributed by atoms with Crippen LogP contribution < -0.4 is 0 Å². The predicted octanol–water partition coefficient (Wildman–Crippen LogP) is 2.91. The summed E-state index contributed by atoms with van der Waals surface area (Å²) in [6.07, 6.45) is 1.38. The topological polar surface area (TPSA) is 67.9 Å². The van der Waals surface area contributed by atoms with Crippen molar-refractivity contribution < 1.29 is 9.53 Å². The number of methoxy groups -OCH3 is 1. The molecule has 0 fully saturated rings. The Bertz CT molecular complexity index is 742. The Morgan fingerprint density at radius 3 is 2.67 bits per heavy atom. The van der Waals surface area contributed by atoms with Gasteiger partial charge < -0.3 is 4.74 Å². The number of ether oxygens (including phenoxy) is 1. The molecule has 0 bridgehead atoms. The van der Waals surface area contributed by atoms with Crippen molar-refractivity contribution in [3.05, 3.63) is 52.3 Å². The van der Waals surface area contributed by atoms with Gasteiger partial charge in [0.1, 0.15) is 16.8 Å². The molecule has 106 valence electrons. The molecule has 2 aromatic rings. The van der Waals surface area contributed by atoms with E-state index >= 15 is 0 Å². The van der Waals surface area contributed by atoms with E-state index in [0.717, 1.165) is 5.69 Å². The molecular formula is C15H12ClN3O2. The number of para-hydroxylation sites is 1. The summed E-state index contributed by atoms with van der Waals surface area (Å²) in [6.45, 7) is 1.75. The van der Waals surface area contributed by atoms with Crippen LogP contribution in [-0.4, -0.2) is 22.9 Å². The van der Waals surface area contributed by atoms with Crippen molar-refractivity contribution >= 4 is 23.6 Å². The van der Waals surface area contributed by atoms with Crippen LogP contribution in [0.3, 0.4) is 0 Å². The van der Waals surface area contributed by atoms with E-state index in [-0.39, 0.29) is 5.57 Å². The summed E-state index contributed by atoms with van der Waals surface area (Å²) in [7, 11) is 1.22. The van der Waals surface area contributed by atoms with Gasteiger partial charge in [-0.05, 0) is 25.1 Å². The monoisotopic (exact) mass is 301 g/mol. The quantitative estimate of drug-likeness (QED) is 0.496. The van der Waals surface area contributed by atoms with Gasteiger partial charge in [-0.25, -0.2) is 9.48 Å². The molecule has 0 radical (unpaired) electrons. The number of carbonyl (C=O) groups is 1. The number of halogens is 1. The lowest BCUT2D eigenvalue weighted by Gasteiger charge is -2.02. The van der Waals surface area contributed by atoms with Crippen LogP contribution >= 0.6 is 11.6 Å². The van der Waals surface area contributed by atoms with Gasteiger partial charge in [0.05, 0.1) is 18.5 Å². The van der Waals surface area contributed by atoms with Crippen molar-refractivity contribution in [3.8, 4) is 11.8 Å². The molecule has 6 heteroatoms. The summed E-state index contributed by atoms with van der Waals surface area (Å²) >= 11 is 6.31. The highest BCUT2D eigenvalue weighted by Gasteiger charge is 2.16. The maximum absolute atomic E-state index is 11.5. The minimum Gasteiger partial charge on any atom is -0.465 e. The Hall–Kier alpha value is -2.58. The van der Waals surface area contributed by atoms with Crippen LogP contribution in [0.4, 0.5) is 0 Å². The molecule has 0 unspecified atom stereocenters. The maximum atomic E-state index is 11.5. The smallest absolute Gasteiger partial charge is 0.348 e. The van der Waals surface area contributed by atoms with E-state index in [2.05, 4.69) is 9.84 Å². The van der Waals surface area contributed by atoms with Crippen molar-refractivity contribution in [3.63, 3.8) is 0 Å². The Morgan fingerprint density at radius 1 is 1.43 bits per heavy atom. The highest BCUT2D eigenvalue weighted by atomic mass is 35.5. The van der Waals surface area contributed by atoms with Crippen LogP contribution in [0.1, 0.15) is 11.3 Å². The fourth-order valence-corrected chi connectivity index (χ4v) is 2.13. The van der Waals surface area contributed by atoms with Gasteiger partial charge in [-0.15, -0.1) is 0 Å². The zero-order valence-electron chi connectivity index (χ0n) is 11.5. The Labute approximate surface area is 127 Å². The maximum Gasteiger partial charge on any atom is 0.348 e. The molecule has 0 aliphatic rings. The van der Waals surface area contributed by atoms with Crippen LogP contribution in [-0.2, 0) is 9.53 Å². The lowest BCUT2D eigenvalue weighted by atomic mass is 10.1. The number of esters is 1. The van der Waals surface area contributed by atoms with E-state index < -0.39 is 5.97 Å². The van der Waals surface area contributed by atoms with Gasteiger partial charge >= 0.3 is 5.97 Å². The molecule has 0 saturated carbocycles. The van der Waals surface area contributed by atoms with E-state index in [1.807, 2.05) is 30.3 Å². The largest absolute Gasteiger partial charge is 0.465 e. The van der Waals surface area contributed by atoms with Crippen LogP contribution in [0.2, 0.25) is 5.15 Å². The van der Waals surface area contributed by atoms with E-state index in [1.54, 1.807) is 17.7 Å². The summed E-state index contributed by atoms with van der Waals surface area (Å²) in [4.78, 5) is 11.5. The van der Waals surface area contributed by atoms with Crippen molar-refractivity contribution in [1.82, 2.24) is 9.78 Å². The fourth-order valence-electron chi connectivity index (χ4n) is 1.81. The third-order valence-corrected chi connectivity index (χ3v) is 3.23. The summed E-state index contributed by atoms with van der Waals surface area (Å²) < 4.78 is 6.10. The zero-order chi connectivity index (χ0) is 15.4. The predicted molar refractivity (Wildman–Crippen MR) is 78.9 cm³/mol. The van der Waals surface area contributed by atoms with Gasteiger partial charge in [0.2, 0.25) is 0 Å². The van der Waals surface area contributed by atoms with Crippen molar-refractivity contribution in [2.24, 2.45) is 0 Å². The van der Waals surface area contributed by atoms with Crippen LogP contribution in [0, 0.1) is 18.3 Å². The van der Waals surface area contributed by atoms with Crippen molar-refractivity contribution in [2.45, 2.75) is 6.92 Å². The molecule has 5 nitrogen and oxygen atoms in total. The molecule has 1 aromatic carbocycles. The number of hydrogen-bond acceptors (Lipinski definition) is 4. The lowest BCUT2D eigenvalue weighted by Crippen LogP contribution is -2.02. The average molecular weight is 302 g/mol. The number of nitrogens with zero attached hydrogens (tertiary/aromatic N) is 3. The van der Waals surface area contributed by atoms with E-state index in [1.165, 1.54) is 13.2 Å². The van der Waals surface area contributed by atoms with Crippen molar-refractivity contribution in [2.75, 3.05) is 7.11 Å². The molecular weight excluding hydrogens is 290 g/mol. The second-order valence-corrected chi connectivity index (χ2v) is 4.56. The molecule has 0 N–H and O–H groups in total. The number of hydrogen-bond donors (Lipinski definition) is 0. The summed E-state index contributed by atoms with van der Waals surface area (Å²) in [6, 6.07) is 11.1. The molecule has 0 aliphatic heterocycles. The zero-order valence-corrected chi connectivity index (χ0v) is 12.3. The van der Waals surface area contributed by atoms with Gasteiger partial charge in [0, 0.05) is 5.56 Å². The first kappa shape index (κ1) is 14.8. The molecule has 1 heterocycles. The minimum atomic E-state index is -0.708. The third-order valence-electron chi connectivity index (χ3n) is 2.86. The molecule has 0 saturated heterocycles. The highest BCUT2D eigenvalue weighted by molar-refractivity contribution is 6.31. The SMILES string of the molecule is COC(=O)/C(C#N)=C/c1c(C)nn(-c2ccccc2)c1Cl. The van der Waals surface area contributed by atoms with Crippen LogP contribution in [0.5, 0.6) is 0 Å². The van der Waals surface area contributed by atoms with Gasteiger partial charge in [0.25, 0.3) is 0 Å². The highest BCUT2D eigenvalue weighted by Crippen LogP contribution is 2.25. The van der Waals surface area contributed by atoms with Gasteiger partial charge in [-0.2, -0.15) is 10.4 Å². The van der Waals surface area contributed by atoms with E-state index in [0.29, 0.717) is 16.4 Å². The Balaban J connectivity index is 2.53.